The molecule has 0 aliphatic carbocycles. The highest BCUT2D eigenvalue weighted by atomic mass is 32.2. The average molecular weight is 452 g/mol. The number of hydrogen-bond donors (Lipinski definition) is 1. The summed E-state index contributed by atoms with van der Waals surface area (Å²) < 4.78 is 32.1. The van der Waals surface area contributed by atoms with Crippen molar-refractivity contribution in [3.8, 4) is 0 Å². The number of carbonyl (C=O) groups is 2. The molecule has 1 aliphatic heterocycles. The average Bonchev–Trinajstić information content (AvgIpc) is 3.19. The van der Waals surface area contributed by atoms with Crippen molar-refractivity contribution >= 4 is 38.4 Å². The zero-order chi connectivity index (χ0) is 21.9. The van der Waals surface area contributed by atoms with Crippen molar-refractivity contribution in [1.29, 1.82) is 0 Å². The topological polar surface area (TPSA) is 106 Å². The van der Waals surface area contributed by atoms with Crippen molar-refractivity contribution in [2.24, 2.45) is 5.92 Å². The molecule has 30 heavy (non-hydrogen) atoms. The fourth-order valence-corrected chi connectivity index (χ4v) is 5.46. The third kappa shape index (κ3) is 4.88. The minimum Gasteiger partial charge on any atom is -0.461 e. The van der Waals surface area contributed by atoms with Crippen LogP contribution in [-0.2, 0) is 19.6 Å². The van der Waals surface area contributed by atoms with Gasteiger partial charge < -0.3 is 10.1 Å². The number of thiazole rings is 1. The van der Waals surface area contributed by atoms with Crippen LogP contribution in [0.4, 0.5) is 5.13 Å². The van der Waals surface area contributed by atoms with Gasteiger partial charge >= 0.3 is 5.97 Å². The Bertz CT molecular complexity index is 1040. The summed E-state index contributed by atoms with van der Waals surface area (Å²) >= 11 is 1.15. The number of ether oxygens (including phenoxy) is 1. The maximum absolute atomic E-state index is 12.9. The van der Waals surface area contributed by atoms with E-state index in [1.807, 2.05) is 13.8 Å². The molecule has 162 valence electrons. The third-order valence-electron chi connectivity index (χ3n) is 5.16. The first-order chi connectivity index (χ1) is 14.2. The van der Waals surface area contributed by atoms with Crippen molar-refractivity contribution in [1.82, 2.24) is 9.29 Å². The zero-order valence-corrected chi connectivity index (χ0v) is 18.8. The zero-order valence-electron chi connectivity index (χ0n) is 17.2. The number of carbonyl (C=O) groups excluding carboxylic acids is 2. The number of rotatable bonds is 6. The fourth-order valence-electron chi connectivity index (χ4n) is 3.22. The number of esters is 1. The fraction of sp³-hybridized carbons (Fsp3) is 0.450. The minimum absolute atomic E-state index is 0.159. The molecule has 3 rings (SSSR count). The summed E-state index contributed by atoms with van der Waals surface area (Å²) in [6, 6.07) is 5.12. The number of piperidine rings is 1. The van der Waals surface area contributed by atoms with Gasteiger partial charge in [0, 0.05) is 24.4 Å². The van der Waals surface area contributed by atoms with Crippen LogP contribution in [-0.4, -0.2) is 49.3 Å². The molecule has 0 radical (unpaired) electrons. The minimum atomic E-state index is -3.58. The molecule has 1 N–H and O–H groups in total. The van der Waals surface area contributed by atoms with E-state index in [0.29, 0.717) is 18.0 Å². The molecule has 1 saturated heterocycles. The Morgan fingerprint density at radius 1 is 1.23 bits per heavy atom. The summed E-state index contributed by atoms with van der Waals surface area (Å²) in [5.41, 5.74) is 2.13. The first-order valence-electron chi connectivity index (χ1n) is 9.73. The number of sulfonamides is 1. The summed E-state index contributed by atoms with van der Waals surface area (Å²) in [5, 5.41) is 4.58. The van der Waals surface area contributed by atoms with Crippen LogP contribution in [0.3, 0.4) is 0 Å². The largest absolute Gasteiger partial charge is 0.461 e. The molecular formula is C20H25N3O5S2. The third-order valence-corrected chi connectivity index (χ3v) is 7.81. The molecule has 0 unspecified atom stereocenters. The summed E-state index contributed by atoms with van der Waals surface area (Å²) in [5.74, 6) is -1.06. The van der Waals surface area contributed by atoms with Crippen LogP contribution < -0.4 is 5.32 Å². The summed E-state index contributed by atoms with van der Waals surface area (Å²) in [7, 11) is -3.58. The van der Waals surface area contributed by atoms with Gasteiger partial charge in [-0.15, -0.1) is 11.3 Å². The van der Waals surface area contributed by atoms with E-state index in [9.17, 15) is 18.0 Å². The number of anilines is 1. The van der Waals surface area contributed by atoms with Gasteiger partial charge in [0.15, 0.2) is 10.8 Å². The second-order valence-electron chi connectivity index (χ2n) is 7.17. The van der Waals surface area contributed by atoms with Gasteiger partial charge in [-0.1, -0.05) is 6.07 Å². The smallest absolute Gasteiger partial charge is 0.357 e. The van der Waals surface area contributed by atoms with Crippen LogP contribution in [0, 0.1) is 19.8 Å². The molecule has 0 spiro atoms. The summed E-state index contributed by atoms with van der Waals surface area (Å²) in [6.45, 7) is 6.34. The lowest BCUT2D eigenvalue weighted by Gasteiger charge is -2.30. The standard InChI is InChI=1S/C20H25N3O5S2/c1-4-28-19(25)17-12-29-20(21-17)22-18(24)15-7-9-23(10-8-15)30(26,27)16-6-5-13(2)14(3)11-16/h5-6,11-12,15H,4,7-10H2,1-3H3,(H,21,22,24). The highest BCUT2D eigenvalue weighted by molar-refractivity contribution is 7.89. The van der Waals surface area contributed by atoms with Crippen molar-refractivity contribution in [3.05, 3.63) is 40.4 Å². The van der Waals surface area contributed by atoms with E-state index in [4.69, 9.17) is 4.74 Å². The monoisotopic (exact) mass is 451 g/mol. The van der Waals surface area contributed by atoms with Gasteiger partial charge in [0.2, 0.25) is 15.9 Å². The quantitative estimate of drug-likeness (QED) is 0.677. The molecule has 2 heterocycles. The van der Waals surface area contributed by atoms with Crippen LogP contribution in [0.1, 0.15) is 41.4 Å². The van der Waals surface area contributed by atoms with E-state index in [-0.39, 0.29) is 42.1 Å². The lowest BCUT2D eigenvalue weighted by atomic mass is 9.97. The van der Waals surface area contributed by atoms with Crippen LogP contribution >= 0.6 is 11.3 Å². The Hall–Kier alpha value is -2.30. The van der Waals surface area contributed by atoms with Crippen LogP contribution in [0.2, 0.25) is 0 Å². The van der Waals surface area contributed by atoms with E-state index in [1.165, 1.54) is 9.69 Å². The van der Waals surface area contributed by atoms with Gasteiger partial charge in [0.1, 0.15) is 0 Å². The van der Waals surface area contributed by atoms with Crippen LogP contribution in [0.5, 0.6) is 0 Å². The Morgan fingerprint density at radius 3 is 2.57 bits per heavy atom. The molecule has 1 aromatic heterocycles. The molecule has 1 amide bonds. The van der Waals surface area contributed by atoms with E-state index in [2.05, 4.69) is 10.3 Å². The molecular weight excluding hydrogens is 426 g/mol. The number of amides is 1. The Balaban J connectivity index is 1.59. The molecule has 0 bridgehead atoms. The second-order valence-corrected chi connectivity index (χ2v) is 9.97. The van der Waals surface area contributed by atoms with Gasteiger partial charge in [-0.25, -0.2) is 18.2 Å². The van der Waals surface area contributed by atoms with Gasteiger partial charge in [0.05, 0.1) is 11.5 Å². The number of aryl methyl sites for hydroxylation is 2. The number of hydrogen-bond acceptors (Lipinski definition) is 7. The van der Waals surface area contributed by atoms with E-state index >= 15 is 0 Å². The molecule has 2 aromatic rings. The van der Waals surface area contributed by atoms with Crippen molar-refractivity contribution < 1.29 is 22.7 Å². The van der Waals surface area contributed by atoms with Crippen LogP contribution in [0.25, 0.3) is 0 Å². The number of benzene rings is 1. The molecule has 1 fully saturated rings. The van der Waals surface area contributed by atoms with Crippen molar-refractivity contribution in [2.45, 2.75) is 38.5 Å². The molecule has 1 aliphatic rings. The summed E-state index contributed by atoms with van der Waals surface area (Å²) in [4.78, 5) is 28.6. The van der Waals surface area contributed by atoms with E-state index in [0.717, 1.165) is 22.5 Å². The van der Waals surface area contributed by atoms with Gasteiger partial charge in [-0.05, 0) is 56.9 Å². The maximum Gasteiger partial charge on any atom is 0.357 e. The normalized spacial score (nSPS) is 15.7. The first-order valence-corrected chi connectivity index (χ1v) is 12.0. The predicted molar refractivity (Wildman–Crippen MR) is 114 cm³/mol. The van der Waals surface area contributed by atoms with E-state index in [1.54, 1.807) is 25.1 Å². The molecule has 8 nitrogen and oxygen atoms in total. The predicted octanol–water partition coefficient (Wildman–Crippen LogP) is 2.98. The highest BCUT2D eigenvalue weighted by Crippen LogP contribution is 2.26. The van der Waals surface area contributed by atoms with Gasteiger partial charge in [-0.2, -0.15) is 4.31 Å². The molecule has 0 saturated carbocycles. The molecule has 10 heteroatoms. The van der Waals surface area contributed by atoms with E-state index < -0.39 is 16.0 Å². The second kappa shape index (κ2) is 9.23. The SMILES string of the molecule is CCOC(=O)c1csc(NC(=O)C2CCN(S(=O)(=O)c3ccc(C)c(C)c3)CC2)n1. The number of aromatic nitrogens is 1. The lowest BCUT2D eigenvalue weighted by Crippen LogP contribution is -2.41. The highest BCUT2D eigenvalue weighted by Gasteiger charge is 2.32. The van der Waals surface area contributed by atoms with Gasteiger partial charge in [-0.3, -0.25) is 4.79 Å². The van der Waals surface area contributed by atoms with Crippen LogP contribution in [0.15, 0.2) is 28.5 Å². The summed E-state index contributed by atoms with van der Waals surface area (Å²) in [6.07, 6.45) is 0.845. The Morgan fingerprint density at radius 2 is 1.93 bits per heavy atom. The lowest BCUT2D eigenvalue weighted by molar-refractivity contribution is -0.120. The Labute approximate surface area is 180 Å². The Kier molecular flexibility index (Phi) is 6.89. The number of nitrogens with one attached hydrogen (secondary N) is 1. The molecule has 1 aromatic carbocycles. The molecule has 0 atom stereocenters. The number of nitrogens with zero attached hydrogens (tertiary/aromatic N) is 2. The van der Waals surface area contributed by atoms with Gasteiger partial charge in [0.25, 0.3) is 0 Å². The van der Waals surface area contributed by atoms with Crippen molar-refractivity contribution in [2.75, 3.05) is 25.0 Å². The van der Waals surface area contributed by atoms with Crippen molar-refractivity contribution in [3.63, 3.8) is 0 Å². The first kappa shape index (κ1) is 22.4. The maximum atomic E-state index is 12.9.